The number of carbonyl (C=O) groups is 2. The smallest absolute Gasteiger partial charge is 0.258 e. The zero-order chi connectivity index (χ0) is 18.0. The Morgan fingerprint density at radius 1 is 1.20 bits per heavy atom. The third-order valence-corrected chi connectivity index (χ3v) is 4.57. The van der Waals surface area contributed by atoms with E-state index in [1.807, 2.05) is 53.4 Å². The molecule has 1 heterocycles. The van der Waals surface area contributed by atoms with Crippen LogP contribution in [0.3, 0.4) is 0 Å². The highest BCUT2D eigenvalue weighted by molar-refractivity contribution is 6.02. The lowest BCUT2D eigenvalue weighted by Crippen LogP contribution is -2.47. The van der Waals surface area contributed by atoms with E-state index in [-0.39, 0.29) is 24.0 Å². The molecule has 2 aromatic carbocycles. The van der Waals surface area contributed by atoms with Gasteiger partial charge >= 0.3 is 0 Å². The van der Waals surface area contributed by atoms with Gasteiger partial charge in [0.2, 0.25) is 5.91 Å². The second-order valence-corrected chi connectivity index (χ2v) is 6.37. The molecule has 5 heteroatoms. The quantitative estimate of drug-likeness (QED) is 0.886. The molecule has 1 aliphatic rings. The Kier molecular flexibility index (Phi) is 4.74. The minimum absolute atomic E-state index is 0.0413. The first-order valence-corrected chi connectivity index (χ1v) is 8.57. The summed E-state index contributed by atoms with van der Waals surface area (Å²) in [5.74, 6) is -0.0616. The summed E-state index contributed by atoms with van der Waals surface area (Å²) < 4.78 is 0. The van der Waals surface area contributed by atoms with Crippen molar-refractivity contribution in [2.24, 2.45) is 0 Å². The average molecular weight is 337 g/mol. The number of nitrogens with one attached hydrogen (secondary N) is 2. The van der Waals surface area contributed by atoms with Crippen molar-refractivity contribution in [2.75, 3.05) is 10.6 Å². The third kappa shape index (κ3) is 3.36. The van der Waals surface area contributed by atoms with E-state index in [1.54, 1.807) is 0 Å². The number of nitrogens with zero attached hydrogens (tertiary/aromatic N) is 1. The molecule has 2 aromatic rings. The predicted molar refractivity (Wildman–Crippen MR) is 99.5 cm³/mol. The molecule has 0 aliphatic carbocycles. The predicted octanol–water partition coefficient (Wildman–Crippen LogP) is 4.01. The minimum atomic E-state index is -0.233. The number of hydrogen-bond donors (Lipinski definition) is 2. The summed E-state index contributed by atoms with van der Waals surface area (Å²) in [6.07, 6.45) is 0.638. The molecule has 0 spiro atoms. The first-order chi connectivity index (χ1) is 12.0. The van der Waals surface area contributed by atoms with Gasteiger partial charge in [-0.15, -0.1) is 0 Å². The number of amides is 2. The van der Waals surface area contributed by atoms with E-state index in [9.17, 15) is 9.59 Å². The Labute approximate surface area is 148 Å². The summed E-state index contributed by atoms with van der Waals surface area (Å²) >= 11 is 0. The van der Waals surface area contributed by atoms with E-state index >= 15 is 0 Å². The second-order valence-electron chi connectivity index (χ2n) is 6.37. The van der Waals surface area contributed by atoms with E-state index in [0.29, 0.717) is 5.56 Å². The molecule has 25 heavy (non-hydrogen) atoms. The molecular weight excluding hydrogens is 314 g/mol. The van der Waals surface area contributed by atoms with Crippen LogP contribution in [-0.4, -0.2) is 22.8 Å². The lowest BCUT2D eigenvalue weighted by molar-refractivity contribution is -0.114. The van der Waals surface area contributed by atoms with Crippen LogP contribution in [0.4, 0.5) is 11.4 Å². The molecule has 0 aromatic heterocycles. The van der Waals surface area contributed by atoms with Crippen LogP contribution < -0.4 is 10.6 Å². The first kappa shape index (κ1) is 17.0. The molecule has 0 fully saturated rings. The number of hydrogen-bond acceptors (Lipinski definition) is 3. The Hall–Kier alpha value is -2.82. The Balaban J connectivity index is 1.97. The maximum Gasteiger partial charge on any atom is 0.258 e. The fourth-order valence-corrected chi connectivity index (χ4v) is 3.12. The molecule has 5 nitrogen and oxygen atoms in total. The number of fused-ring (bicyclic) bond motifs is 1. The van der Waals surface area contributed by atoms with Crippen molar-refractivity contribution in [3.63, 3.8) is 0 Å². The van der Waals surface area contributed by atoms with Crippen molar-refractivity contribution in [1.82, 2.24) is 4.90 Å². The Morgan fingerprint density at radius 3 is 2.52 bits per heavy atom. The highest BCUT2D eigenvalue weighted by Gasteiger charge is 2.35. The van der Waals surface area contributed by atoms with Crippen LogP contribution in [0.15, 0.2) is 48.5 Å². The molecule has 2 N–H and O–H groups in total. The fourth-order valence-electron chi connectivity index (χ4n) is 3.12. The van der Waals surface area contributed by atoms with Gasteiger partial charge in [0.25, 0.3) is 5.91 Å². The van der Waals surface area contributed by atoms with Gasteiger partial charge in [-0.3, -0.25) is 9.59 Å². The monoisotopic (exact) mass is 337 g/mol. The molecular formula is C20H23N3O2. The van der Waals surface area contributed by atoms with E-state index in [4.69, 9.17) is 0 Å². The van der Waals surface area contributed by atoms with Crippen molar-refractivity contribution in [3.8, 4) is 0 Å². The molecule has 0 saturated carbocycles. The SMILES string of the molecule is CC[C@H](C)N1C(=O)c2ccccc2N[C@H]1c1ccc(NC(C)=O)cc1. The van der Waals surface area contributed by atoms with Crippen LogP contribution in [-0.2, 0) is 4.79 Å². The summed E-state index contributed by atoms with van der Waals surface area (Å²) in [5, 5.41) is 6.25. The number of carbonyl (C=O) groups excluding carboxylic acids is 2. The summed E-state index contributed by atoms with van der Waals surface area (Å²) in [5.41, 5.74) is 3.28. The molecule has 0 unspecified atom stereocenters. The van der Waals surface area contributed by atoms with Crippen LogP contribution in [0.1, 0.15) is 49.3 Å². The Bertz CT molecular complexity index is 786. The van der Waals surface area contributed by atoms with Gasteiger partial charge in [-0.1, -0.05) is 31.2 Å². The highest BCUT2D eigenvalue weighted by atomic mass is 16.2. The minimum Gasteiger partial charge on any atom is -0.361 e. The van der Waals surface area contributed by atoms with Gasteiger partial charge in [0, 0.05) is 24.3 Å². The van der Waals surface area contributed by atoms with E-state index in [1.165, 1.54) is 6.92 Å². The van der Waals surface area contributed by atoms with Gasteiger partial charge in [0.05, 0.1) is 5.56 Å². The van der Waals surface area contributed by atoms with Gasteiger partial charge in [0.15, 0.2) is 0 Å². The number of benzene rings is 2. The number of anilines is 2. The fraction of sp³-hybridized carbons (Fsp3) is 0.300. The molecule has 0 saturated heterocycles. The standard InChI is InChI=1S/C20H23N3O2/c1-4-13(2)23-19(15-9-11-16(12-10-15)21-14(3)24)22-18-8-6-5-7-17(18)20(23)25/h5-13,19,22H,4H2,1-3H3,(H,21,24)/t13-,19+/m0/s1. The van der Waals surface area contributed by atoms with Gasteiger partial charge in [-0.2, -0.15) is 0 Å². The average Bonchev–Trinajstić information content (AvgIpc) is 2.61. The normalized spacial score (nSPS) is 17.5. The summed E-state index contributed by atoms with van der Waals surface area (Å²) in [6.45, 7) is 5.62. The van der Waals surface area contributed by atoms with Crippen molar-refractivity contribution < 1.29 is 9.59 Å². The number of rotatable bonds is 4. The van der Waals surface area contributed by atoms with Crippen LogP contribution in [0.2, 0.25) is 0 Å². The van der Waals surface area contributed by atoms with Crippen LogP contribution in [0.5, 0.6) is 0 Å². The topological polar surface area (TPSA) is 61.4 Å². The summed E-state index contributed by atoms with van der Waals surface area (Å²) in [4.78, 5) is 26.1. The largest absolute Gasteiger partial charge is 0.361 e. The lowest BCUT2D eigenvalue weighted by atomic mass is 10.0. The summed E-state index contributed by atoms with van der Waals surface area (Å²) in [6, 6.07) is 15.3. The maximum absolute atomic E-state index is 13.0. The van der Waals surface area contributed by atoms with E-state index < -0.39 is 0 Å². The van der Waals surface area contributed by atoms with Gasteiger partial charge in [-0.05, 0) is 43.2 Å². The van der Waals surface area contributed by atoms with Crippen molar-refractivity contribution in [3.05, 3.63) is 59.7 Å². The summed E-state index contributed by atoms with van der Waals surface area (Å²) in [7, 11) is 0. The molecule has 2 atom stereocenters. The number of para-hydroxylation sites is 1. The van der Waals surface area contributed by atoms with Crippen LogP contribution in [0, 0.1) is 0 Å². The molecule has 130 valence electrons. The van der Waals surface area contributed by atoms with Gasteiger partial charge in [0.1, 0.15) is 6.17 Å². The van der Waals surface area contributed by atoms with E-state index in [0.717, 1.165) is 23.4 Å². The van der Waals surface area contributed by atoms with Crippen LogP contribution >= 0.6 is 0 Å². The Morgan fingerprint density at radius 2 is 1.88 bits per heavy atom. The molecule has 0 bridgehead atoms. The molecule has 3 rings (SSSR count). The van der Waals surface area contributed by atoms with Crippen molar-refractivity contribution >= 4 is 23.2 Å². The third-order valence-electron chi connectivity index (χ3n) is 4.57. The van der Waals surface area contributed by atoms with Crippen molar-refractivity contribution in [1.29, 1.82) is 0 Å². The first-order valence-electron chi connectivity index (χ1n) is 8.57. The zero-order valence-electron chi connectivity index (χ0n) is 14.7. The van der Waals surface area contributed by atoms with Gasteiger partial charge in [-0.25, -0.2) is 0 Å². The molecule has 0 radical (unpaired) electrons. The zero-order valence-corrected chi connectivity index (χ0v) is 14.7. The maximum atomic E-state index is 13.0. The second kappa shape index (κ2) is 6.97. The van der Waals surface area contributed by atoms with Gasteiger partial charge < -0.3 is 15.5 Å². The molecule has 2 amide bonds. The highest BCUT2D eigenvalue weighted by Crippen LogP contribution is 2.35. The molecule has 1 aliphatic heterocycles. The van der Waals surface area contributed by atoms with Crippen molar-refractivity contribution in [2.45, 2.75) is 39.4 Å². The van der Waals surface area contributed by atoms with E-state index in [2.05, 4.69) is 24.5 Å². The van der Waals surface area contributed by atoms with Crippen LogP contribution in [0.25, 0.3) is 0 Å². The lowest BCUT2D eigenvalue weighted by Gasteiger charge is -2.41.